The van der Waals surface area contributed by atoms with E-state index in [1.54, 1.807) is 0 Å². The Morgan fingerprint density at radius 3 is 2.00 bits per heavy atom. The van der Waals surface area contributed by atoms with E-state index in [1.165, 1.54) is 0 Å². The number of esters is 2. The first-order valence-electron chi connectivity index (χ1n) is 12.5. The van der Waals surface area contributed by atoms with E-state index in [0.717, 1.165) is 48.2 Å². The predicted octanol–water partition coefficient (Wildman–Crippen LogP) is 4.56. The lowest BCUT2D eigenvalue weighted by Gasteiger charge is -2.65. The maximum Gasteiger partial charge on any atom is 0.420 e. The van der Waals surface area contributed by atoms with Crippen LogP contribution in [0.2, 0.25) is 0 Å². The van der Waals surface area contributed by atoms with Gasteiger partial charge in [0.05, 0.1) is 12.5 Å². The number of hydrogen-bond donors (Lipinski definition) is 0. The first-order chi connectivity index (χ1) is 17.5. The summed E-state index contributed by atoms with van der Waals surface area (Å²) in [6.45, 7) is 3.71. The summed E-state index contributed by atoms with van der Waals surface area (Å²) in [6, 6.07) is 28.0. The van der Waals surface area contributed by atoms with Crippen LogP contribution in [0.4, 0.5) is 0 Å². The zero-order chi connectivity index (χ0) is 24.8. The van der Waals surface area contributed by atoms with Crippen molar-refractivity contribution in [3.63, 3.8) is 0 Å². The summed E-state index contributed by atoms with van der Waals surface area (Å²) in [5.74, 6) is -3.97. The maximum absolute atomic E-state index is 13.0. The summed E-state index contributed by atoms with van der Waals surface area (Å²) in [6.07, 6.45) is 1.58. The van der Waals surface area contributed by atoms with Gasteiger partial charge in [0, 0.05) is 19.0 Å². The third-order valence-electron chi connectivity index (χ3n) is 8.02. The molecule has 7 rings (SSSR count). The molecule has 4 saturated heterocycles. The molecule has 4 aliphatic heterocycles. The lowest BCUT2D eigenvalue weighted by atomic mass is 9.66. The van der Waals surface area contributed by atoms with E-state index in [2.05, 4.69) is 4.90 Å². The molecule has 0 radical (unpaired) electrons. The van der Waals surface area contributed by atoms with Gasteiger partial charge in [-0.05, 0) is 42.0 Å². The van der Waals surface area contributed by atoms with Crippen LogP contribution >= 0.6 is 0 Å². The van der Waals surface area contributed by atoms with Gasteiger partial charge in [-0.3, -0.25) is 4.90 Å². The molecule has 0 saturated carbocycles. The molecule has 4 aliphatic rings. The molecular weight excluding hydrogens is 454 g/mol. The Morgan fingerprint density at radius 2 is 1.39 bits per heavy atom. The van der Waals surface area contributed by atoms with Crippen molar-refractivity contribution in [1.29, 1.82) is 0 Å². The highest BCUT2D eigenvalue weighted by molar-refractivity contribution is 6.30. The Kier molecular flexibility index (Phi) is 5.66. The van der Waals surface area contributed by atoms with E-state index < -0.39 is 29.4 Å². The molecule has 2 atom stereocenters. The second-order valence-electron chi connectivity index (χ2n) is 9.87. The normalized spacial score (nSPS) is 28.9. The molecular formula is C30H29NO5. The largest absolute Gasteiger partial charge is 0.427 e. The van der Waals surface area contributed by atoms with Gasteiger partial charge in [0.15, 0.2) is 0 Å². The topological polar surface area (TPSA) is 65.1 Å². The lowest BCUT2D eigenvalue weighted by molar-refractivity contribution is -0.417. The Balaban J connectivity index is 1.57. The number of benzene rings is 3. The number of rotatable bonds is 6. The minimum atomic E-state index is -1.45. The van der Waals surface area contributed by atoms with Gasteiger partial charge in [0.2, 0.25) is 5.72 Å². The third-order valence-corrected chi connectivity index (χ3v) is 8.02. The number of carbonyl (C=O) groups excluding carboxylic acids is 2. The number of ether oxygens (including phenoxy) is 3. The number of piperidine rings is 3. The molecule has 4 fully saturated rings. The zero-order valence-electron chi connectivity index (χ0n) is 20.3. The van der Waals surface area contributed by atoms with Crippen molar-refractivity contribution in [2.24, 2.45) is 5.92 Å². The molecule has 2 unspecified atom stereocenters. The fourth-order valence-corrected chi connectivity index (χ4v) is 6.34. The Bertz CT molecular complexity index is 1230. The maximum atomic E-state index is 13.0. The summed E-state index contributed by atoms with van der Waals surface area (Å²) in [7, 11) is 0. The Hall–Kier alpha value is -3.48. The summed E-state index contributed by atoms with van der Waals surface area (Å²) in [4.78, 5) is 28.0. The van der Waals surface area contributed by atoms with Crippen LogP contribution in [0.3, 0.4) is 0 Å². The van der Waals surface area contributed by atoms with E-state index in [1.807, 2.05) is 91.9 Å². The SMILES string of the molecule is Cc1ccccc1COC12OC(=O)C(=O)OC1(C(c1ccccc1)c1ccccc1)N1CCC2CC1. The molecule has 6 nitrogen and oxygen atoms in total. The van der Waals surface area contributed by atoms with E-state index in [9.17, 15) is 9.59 Å². The van der Waals surface area contributed by atoms with Gasteiger partial charge in [-0.1, -0.05) is 84.9 Å². The highest BCUT2D eigenvalue weighted by Crippen LogP contribution is 2.59. The highest BCUT2D eigenvalue weighted by Gasteiger charge is 2.76. The van der Waals surface area contributed by atoms with E-state index in [0.29, 0.717) is 0 Å². The van der Waals surface area contributed by atoms with Crippen molar-refractivity contribution < 1.29 is 23.8 Å². The average Bonchev–Trinajstić information content (AvgIpc) is 2.92. The second-order valence-corrected chi connectivity index (χ2v) is 9.87. The number of aryl methyl sites for hydroxylation is 1. The molecule has 6 heteroatoms. The molecule has 0 N–H and O–H groups in total. The summed E-state index contributed by atoms with van der Waals surface area (Å²) >= 11 is 0. The van der Waals surface area contributed by atoms with Crippen molar-refractivity contribution in [1.82, 2.24) is 4.90 Å². The number of fused-ring (bicyclic) bond motifs is 2. The smallest absolute Gasteiger partial charge is 0.420 e. The van der Waals surface area contributed by atoms with Crippen LogP contribution in [0, 0.1) is 12.8 Å². The molecule has 36 heavy (non-hydrogen) atoms. The molecule has 0 spiro atoms. The number of hydrogen-bond acceptors (Lipinski definition) is 6. The van der Waals surface area contributed by atoms with Gasteiger partial charge in [-0.25, -0.2) is 9.59 Å². The van der Waals surface area contributed by atoms with Gasteiger partial charge < -0.3 is 14.2 Å². The van der Waals surface area contributed by atoms with Gasteiger partial charge in [0.1, 0.15) is 0 Å². The minimum absolute atomic E-state index is 0.113. The first-order valence-corrected chi connectivity index (χ1v) is 12.5. The summed E-state index contributed by atoms with van der Waals surface area (Å²) in [5.41, 5.74) is 2.67. The summed E-state index contributed by atoms with van der Waals surface area (Å²) in [5, 5.41) is 0. The second kappa shape index (κ2) is 8.87. The Labute approximate surface area is 210 Å². The molecule has 184 valence electrons. The van der Waals surface area contributed by atoms with Gasteiger partial charge >= 0.3 is 11.9 Å². The van der Waals surface area contributed by atoms with Crippen molar-refractivity contribution in [3.05, 3.63) is 107 Å². The Morgan fingerprint density at radius 1 is 0.833 bits per heavy atom. The van der Waals surface area contributed by atoms with Gasteiger partial charge in [-0.2, -0.15) is 0 Å². The molecule has 3 aromatic carbocycles. The van der Waals surface area contributed by atoms with Crippen molar-refractivity contribution >= 4 is 11.9 Å². The molecule has 0 amide bonds. The van der Waals surface area contributed by atoms with Crippen LogP contribution < -0.4 is 0 Å². The van der Waals surface area contributed by atoms with E-state index in [4.69, 9.17) is 14.2 Å². The fraction of sp³-hybridized carbons (Fsp3) is 0.333. The average molecular weight is 484 g/mol. The molecule has 0 aliphatic carbocycles. The van der Waals surface area contributed by atoms with Crippen LogP contribution in [-0.2, 0) is 30.4 Å². The van der Waals surface area contributed by atoms with Crippen molar-refractivity contribution in [2.75, 3.05) is 13.1 Å². The molecule has 0 aromatic heterocycles. The third kappa shape index (κ3) is 3.39. The zero-order valence-corrected chi connectivity index (χ0v) is 20.3. The lowest BCUT2D eigenvalue weighted by Crippen LogP contribution is -2.82. The monoisotopic (exact) mass is 483 g/mol. The standard InChI is InChI=1S/C30H29NO5/c1-21-10-8-9-15-24(21)20-34-30-25-16-18-31(19-17-25)29(30,35-27(32)28(33)36-30)26(22-11-4-2-5-12-22)23-13-6-3-7-14-23/h2-15,25-26H,16-20H2,1H3. The summed E-state index contributed by atoms with van der Waals surface area (Å²) < 4.78 is 19.2. The van der Waals surface area contributed by atoms with Gasteiger partial charge in [0.25, 0.3) is 5.79 Å². The number of nitrogens with zero attached hydrogens (tertiary/aromatic N) is 1. The quantitative estimate of drug-likeness (QED) is 0.378. The van der Waals surface area contributed by atoms with Crippen LogP contribution in [0.25, 0.3) is 0 Å². The molecule has 3 aromatic rings. The van der Waals surface area contributed by atoms with Crippen molar-refractivity contribution in [2.45, 2.75) is 43.8 Å². The van der Waals surface area contributed by atoms with E-state index in [-0.39, 0.29) is 12.5 Å². The fourth-order valence-electron chi connectivity index (χ4n) is 6.34. The van der Waals surface area contributed by atoms with E-state index >= 15 is 0 Å². The predicted molar refractivity (Wildman–Crippen MR) is 133 cm³/mol. The highest BCUT2D eigenvalue weighted by atomic mass is 16.8. The van der Waals surface area contributed by atoms with Crippen LogP contribution in [0.15, 0.2) is 84.9 Å². The first kappa shape index (κ1) is 23.0. The van der Waals surface area contributed by atoms with Gasteiger partial charge in [-0.15, -0.1) is 0 Å². The molecule has 4 heterocycles. The van der Waals surface area contributed by atoms with Crippen molar-refractivity contribution in [3.8, 4) is 0 Å². The van der Waals surface area contributed by atoms with Crippen LogP contribution in [-0.4, -0.2) is 41.4 Å². The minimum Gasteiger partial charge on any atom is -0.427 e. The molecule has 2 bridgehead atoms. The van der Waals surface area contributed by atoms with Crippen LogP contribution in [0.1, 0.15) is 41.0 Å². The number of carbonyl (C=O) groups is 2. The van der Waals surface area contributed by atoms with Crippen LogP contribution in [0.5, 0.6) is 0 Å².